The Kier molecular flexibility index (Phi) is 4.00. The molecule has 6 heteroatoms. The highest BCUT2D eigenvalue weighted by Gasteiger charge is 2.14. The molecule has 1 N–H and O–H groups in total. The Balaban J connectivity index is 1.76. The third kappa shape index (κ3) is 3.17. The monoisotopic (exact) mass is 327 g/mol. The standard InChI is InChI=1S/C17H17N3O2S/c1-10-4-5-14-13(8-10)6-7-20(14)9-15(22)19-17-18-11(2)16(23-17)12(3)21/h4-8H,9H2,1-3H3,(H,18,19,22). The second-order valence-electron chi connectivity index (χ2n) is 5.54. The number of aryl methyl sites for hydroxylation is 2. The van der Waals surface area contributed by atoms with Gasteiger partial charge in [0.05, 0.1) is 10.6 Å². The number of nitrogens with one attached hydrogen (secondary N) is 1. The van der Waals surface area contributed by atoms with E-state index in [4.69, 9.17) is 0 Å². The first-order chi connectivity index (χ1) is 10.9. The quantitative estimate of drug-likeness (QED) is 0.745. The van der Waals surface area contributed by atoms with E-state index in [0.29, 0.717) is 15.7 Å². The molecule has 0 aliphatic rings. The van der Waals surface area contributed by atoms with Gasteiger partial charge in [-0.25, -0.2) is 4.98 Å². The van der Waals surface area contributed by atoms with E-state index < -0.39 is 0 Å². The van der Waals surface area contributed by atoms with Gasteiger partial charge in [-0.2, -0.15) is 0 Å². The number of nitrogens with zero attached hydrogens (tertiary/aromatic N) is 2. The van der Waals surface area contributed by atoms with Gasteiger partial charge in [-0.15, -0.1) is 0 Å². The third-order valence-corrected chi connectivity index (χ3v) is 4.78. The molecule has 0 unspecified atom stereocenters. The maximum atomic E-state index is 12.2. The fourth-order valence-corrected chi connectivity index (χ4v) is 3.43. The maximum absolute atomic E-state index is 12.2. The first kappa shape index (κ1) is 15.4. The van der Waals surface area contributed by atoms with E-state index in [9.17, 15) is 9.59 Å². The summed E-state index contributed by atoms with van der Waals surface area (Å²) in [6.07, 6.45) is 1.90. The Morgan fingerprint density at radius 2 is 2.04 bits per heavy atom. The topological polar surface area (TPSA) is 64.0 Å². The number of anilines is 1. The molecule has 0 atom stereocenters. The van der Waals surface area contributed by atoms with Crippen LogP contribution in [0.5, 0.6) is 0 Å². The minimum atomic E-state index is -0.160. The summed E-state index contributed by atoms with van der Waals surface area (Å²) in [7, 11) is 0. The third-order valence-electron chi connectivity index (χ3n) is 3.60. The van der Waals surface area contributed by atoms with Crippen molar-refractivity contribution in [1.82, 2.24) is 9.55 Å². The summed E-state index contributed by atoms with van der Waals surface area (Å²) in [5.74, 6) is -0.195. The Hall–Kier alpha value is -2.47. The van der Waals surface area contributed by atoms with Crippen molar-refractivity contribution in [2.45, 2.75) is 27.3 Å². The predicted molar refractivity (Wildman–Crippen MR) is 92.2 cm³/mol. The summed E-state index contributed by atoms with van der Waals surface area (Å²) in [6.45, 7) is 5.52. The zero-order chi connectivity index (χ0) is 16.6. The number of thiazole rings is 1. The van der Waals surface area contributed by atoms with E-state index in [1.54, 1.807) is 6.92 Å². The summed E-state index contributed by atoms with van der Waals surface area (Å²) in [4.78, 5) is 28.5. The van der Waals surface area contributed by atoms with Gasteiger partial charge in [-0.1, -0.05) is 23.0 Å². The van der Waals surface area contributed by atoms with Crippen molar-refractivity contribution in [2.75, 3.05) is 5.32 Å². The molecule has 118 valence electrons. The minimum absolute atomic E-state index is 0.0349. The van der Waals surface area contributed by atoms with E-state index >= 15 is 0 Å². The van der Waals surface area contributed by atoms with E-state index in [1.807, 2.05) is 35.9 Å². The van der Waals surface area contributed by atoms with Gasteiger partial charge < -0.3 is 9.88 Å². The van der Waals surface area contributed by atoms with Crippen LogP contribution >= 0.6 is 11.3 Å². The molecule has 2 aromatic heterocycles. The molecule has 0 saturated carbocycles. The fraction of sp³-hybridized carbons (Fsp3) is 0.235. The van der Waals surface area contributed by atoms with Crippen LogP contribution in [0.4, 0.5) is 5.13 Å². The summed E-state index contributed by atoms with van der Waals surface area (Å²) < 4.78 is 1.90. The highest BCUT2D eigenvalue weighted by atomic mass is 32.1. The molecule has 2 heterocycles. The molecule has 0 aliphatic carbocycles. The van der Waals surface area contributed by atoms with Crippen molar-refractivity contribution in [1.29, 1.82) is 0 Å². The van der Waals surface area contributed by atoms with E-state index in [0.717, 1.165) is 10.9 Å². The van der Waals surface area contributed by atoms with Crippen LogP contribution in [0.3, 0.4) is 0 Å². The van der Waals surface area contributed by atoms with Crippen LogP contribution in [0.15, 0.2) is 30.5 Å². The van der Waals surface area contributed by atoms with Crippen LogP contribution in [0, 0.1) is 13.8 Å². The number of fused-ring (bicyclic) bond motifs is 1. The second-order valence-corrected chi connectivity index (χ2v) is 6.54. The lowest BCUT2D eigenvalue weighted by Crippen LogP contribution is -2.18. The number of hydrogen-bond acceptors (Lipinski definition) is 4. The van der Waals surface area contributed by atoms with Gasteiger partial charge in [-0.3, -0.25) is 9.59 Å². The van der Waals surface area contributed by atoms with Gasteiger partial charge in [0.2, 0.25) is 5.91 Å². The molecule has 0 saturated heterocycles. The van der Waals surface area contributed by atoms with Gasteiger partial charge in [0.15, 0.2) is 10.9 Å². The lowest BCUT2D eigenvalue weighted by molar-refractivity contribution is -0.116. The average molecular weight is 327 g/mol. The molecule has 1 amide bonds. The molecule has 0 fully saturated rings. The van der Waals surface area contributed by atoms with Crippen LogP contribution in [-0.4, -0.2) is 21.2 Å². The van der Waals surface area contributed by atoms with Crippen LogP contribution in [0.25, 0.3) is 10.9 Å². The average Bonchev–Trinajstić information content (AvgIpc) is 3.02. The highest BCUT2D eigenvalue weighted by molar-refractivity contribution is 7.17. The summed E-state index contributed by atoms with van der Waals surface area (Å²) >= 11 is 1.21. The van der Waals surface area contributed by atoms with Gasteiger partial charge in [0, 0.05) is 18.6 Å². The number of hydrogen-bond donors (Lipinski definition) is 1. The van der Waals surface area contributed by atoms with E-state index in [2.05, 4.69) is 16.4 Å². The lowest BCUT2D eigenvalue weighted by atomic mass is 10.2. The summed E-state index contributed by atoms with van der Waals surface area (Å²) in [6, 6.07) is 8.13. The van der Waals surface area contributed by atoms with Crippen LogP contribution in [0.1, 0.15) is 27.9 Å². The Morgan fingerprint density at radius 3 is 2.74 bits per heavy atom. The Labute approximate surface area is 138 Å². The molecule has 0 radical (unpaired) electrons. The molecule has 3 rings (SSSR count). The zero-order valence-corrected chi connectivity index (χ0v) is 14.0. The van der Waals surface area contributed by atoms with Crippen molar-refractivity contribution in [3.8, 4) is 0 Å². The van der Waals surface area contributed by atoms with Crippen LogP contribution < -0.4 is 5.32 Å². The van der Waals surface area contributed by atoms with Crippen LogP contribution in [0.2, 0.25) is 0 Å². The first-order valence-corrected chi connectivity index (χ1v) is 8.09. The molecule has 5 nitrogen and oxygen atoms in total. The number of carbonyl (C=O) groups is 2. The van der Waals surface area contributed by atoms with Gasteiger partial charge in [0.25, 0.3) is 0 Å². The molecule has 23 heavy (non-hydrogen) atoms. The Bertz CT molecular complexity index is 908. The molecule has 0 spiro atoms. The number of benzene rings is 1. The summed E-state index contributed by atoms with van der Waals surface area (Å²) in [5.41, 5.74) is 2.86. The molecule has 0 aliphatic heterocycles. The molecule has 0 bridgehead atoms. The van der Waals surface area contributed by atoms with E-state index in [-0.39, 0.29) is 18.2 Å². The second kappa shape index (κ2) is 5.96. The Morgan fingerprint density at radius 1 is 1.26 bits per heavy atom. The fourth-order valence-electron chi connectivity index (χ4n) is 2.55. The number of amides is 1. The van der Waals surface area contributed by atoms with Crippen molar-refractivity contribution in [2.24, 2.45) is 0 Å². The smallest absolute Gasteiger partial charge is 0.246 e. The number of rotatable bonds is 4. The van der Waals surface area contributed by atoms with Crippen molar-refractivity contribution >= 4 is 39.1 Å². The highest BCUT2D eigenvalue weighted by Crippen LogP contribution is 2.23. The first-order valence-electron chi connectivity index (χ1n) is 7.28. The normalized spacial score (nSPS) is 10.9. The maximum Gasteiger partial charge on any atom is 0.246 e. The molecular formula is C17H17N3O2S. The van der Waals surface area contributed by atoms with Gasteiger partial charge in [0.1, 0.15) is 6.54 Å². The molecule has 3 aromatic rings. The van der Waals surface area contributed by atoms with Crippen molar-refractivity contribution < 1.29 is 9.59 Å². The largest absolute Gasteiger partial charge is 0.338 e. The number of carbonyl (C=O) groups excluding carboxylic acids is 2. The van der Waals surface area contributed by atoms with Gasteiger partial charge >= 0.3 is 0 Å². The SMILES string of the molecule is CC(=O)c1sc(NC(=O)Cn2ccc3cc(C)ccc32)nc1C. The van der Waals surface area contributed by atoms with Crippen LogP contribution in [-0.2, 0) is 11.3 Å². The minimum Gasteiger partial charge on any atom is -0.338 e. The molecular weight excluding hydrogens is 310 g/mol. The summed E-state index contributed by atoms with van der Waals surface area (Å²) in [5, 5.41) is 4.34. The lowest BCUT2D eigenvalue weighted by Gasteiger charge is -2.05. The number of ketones is 1. The van der Waals surface area contributed by atoms with Crippen molar-refractivity contribution in [3.63, 3.8) is 0 Å². The predicted octanol–water partition coefficient (Wildman–Crippen LogP) is 3.56. The van der Waals surface area contributed by atoms with Crippen molar-refractivity contribution in [3.05, 3.63) is 46.6 Å². The number of Topliss-reactive ketones (excluding diaryl/α,β-unsaturated/α-hetero) is 1. The van der Waals surface area contributed by atoms with Gasteiger partial charge in [-0.05, 0) is 37.4 Å². The molecule has 1 aromatic carbocycles. The zero-order valence-electron chi connectivity index (χ0n) is 13.2. The number of aromatic nitrogens is 2. The van der Waals surface area contributed by atoms with E-state index in [1.165, 1.54) is 23.8 Å².